The van der Waals surface area contributed by atoms with Crippen LogP contribution in [0.25, 0.3) is 0 Å². The van der Waals surface area contributed by atoms with Crippen molar-refractivity contribution in [3.63, 3.8) is 0 Å². The number of nitro benzene ring substituents is 1. The minimum atomic E-state index is -0.728. The summed E-state index contributed by atoms with van der Waals surface area (Å²) in [4.78, 5) is 21.9. The van der Waals surface area contributed by atoms with Gasteiger partial charge in [0.1, 0.15) is 5.75 Å². The van der Waals surface area contributed by atoms with E-state index in [-0.39, 0.29) is 22.7 Å². The Bertz CT molecular complexity index is 624. The standard InChI is InChI=1S/C13H9NO5/c15-10-6-7-11(14(17)18)12(8-10)19-13(16)9-4-2-1-3-5-9/h1-8,15H. The average Bonchev–Trinajstić information content (AvgIpc) is 2.39. The molecule has 0 fully saturated rings. The number of aromatic hydroxyl groups is 1. The van der Waals surface area contributed by atoms with Gasteiger partial charge in [0.05, 0.1) is 10.5 Å². The van der Waals surface area contributed by atoms with Crippen molar-refractivity contribution in [1.29, 1.82) is 0 Å². The zero-order valence-electron chi connectivity index (χ0n) is 9.65. The zero-order chi connectivity index (χ0) is 13.8. The Hall–Kier alpha value is -2.89. The molecule has 0 aliphatic heterocycles. The van der Waals surface area contributed by atoms with Crippen molar-refractivity contribution in [3.05, 3.63) is 64.2 Å². The predicted molar refractivity (Wildman–Crippen MR) is 66.2 cm³/mol. The highest BCUT2D eigenvalue weighted by Crippen LogP contribution is 2.31. The summed E-state index contributed by atoms with van der Waals surface area (Å²) in [5, 5.41) is 20.1. The van der Waals surface area contributed by atoms with Gasteiger partial charge in [-0.25, -0.2) is 4.79 Å². The number of ether oxygens (including phenoxy) is 1. The Labute approximate surface area is 108 Å². The van der Waals surface area contributed by atoms with Crippen molar-refractivity contribution < 1.29 is 19.6 Å². The van der Waals surface area contributed by atoms with Crippen LogP contribution in [0.3, 0.4) is 0 Å². The molecule has 0 spiro atoms. The zero-order valence-corrected chi connectivity index (χ0v) is 9.65. The van der Waals surface area contributed by atoms with E-state index in [1.807, 2.05) is 0 Å². The number of esters is 1. The molecule has 0 aromatic heterocycles. The van der Waals surface area contributed by atoms with E-state index in [0.29, 0.717) is 0 Å². The second kappa shape index (κ2) is 5.18. The maximum Gasteiger partial charge on any atom is 0.343 e. The number of carbonyl (C=O) groups is 1. The summed E-state index contributed by atoms with van der Waals surface area (Å²) in [6.45, 7) is 0. The molecule has 1 N–H and O–H groups in total. The van der Waals surface area contributed by atoms with E-state index < -0.39 is 10.9 Å². The molecule has 96 valence electrons. The SMILES string of the molecule is O=C(Oc1cc(O)ccc1[N+](=O)[O-])c1ccccc1. The van der Waals surface area contributed by atoms with E-state index in [0.717, 1.165) is 18.2 Å². The summed E-state index contributed by atoms with van der Waals surface area (Å²) >= 11 is 0. The number of nitro groups is 1. The maximum atomic E-state index is 11.8. The molecule has 19 heavy (non-hydrogen) atoms. The Morgan fingerprint density at radius 2 is 1.84 bits per heavy atom. The van der Waals surface area contributed by atoms with Crippen molar-refractivity contribution in [2.45, 2.75) is 0 Å². The van der Waals surface area contributed by atoms with Crippen molar-refractivity contribution in [3.8, 4) is 11.5 Å². The molecule has 0 atom stereocenters. The summed E-state index contributed by atoms with van der Waals surface area (Å²) in [7, 11) is 0. The van der Waals surface area contributed by atoms with Crippen molar-refractivity contribution in [2.24, 2.45) is 0 Å². The Kier molecular flexibility index (Phi) is 3.42. The molecule has 0 amide bonds. The van der Waals surface area contributed by atoms with Gasteiger partial charge >= 0.3 is 11.7 Å². The van der Waals surface area contributed by atoms with Crippen LogP contribution >= 0.6 is 0 Å². The van der Waals surface area contributed by atoms with Gasteiger partial charge in [-0.2, -0.15) is 0 Å². The van der Waals surface area contributed by atoms with Crippen LogP contribution < -0.4 is 4.74 Å². The molecule has 0 bridgehead atoms. The number of nitrogens with zero attached hydrogens (tertiary/aromatic N) is 1. The normalized spacial score (nSPS) is 9.89. The van der Waals surface area contributed by atoms with Crippen LogP contribution in [0.5, 0.6) is 11.5 Å². The summed E-state index contributed by atoms with van der Waals surface area (Å²) in [5.74, 6) is -1.24. The van der Waals surface area contributed by atoms with Crippen LogP contribution in [-0.4, -0.2) is 16.0 Å². The fraction of sp³-hybridized carbons (Fsp3) is 0. The fourth-order valence-electron chi connectivity index (χ4n) is 1.47. The van der Waals surface area contributed by atoms with E-state index in [2.05, 4.69) is 0 Å². The van der Waals surface area contributed by atoms with E-state index in [1.54, 1.807) is 18.2 Å². The first-order valence-corrected chi connectivity index (χ1v) is 5.32. The summed E-state index contributed by atoms with van der Waals surface area (Å²) in [5.41, 5.74) is -0.123. The number of rotatable bonds is 3. The highest BCUT2D eigenvalue weighted by molar-refractivity contribution is 5.91. The molecule has 0 aliphatic carbocycles. The third kappa shape index (κ3) is 2.86. The molecule has 0 heterocycles. The third-order valence-corrected chi connectivity index (χ3v) is 2.35. The number of carbonyl (C=O) groups excluding carboxylic acids is 1. The highest BCUT2D eigenvalue weighted by atomic mass is 16.6. The van der Waals surface area contributed by atoms with Crippen LogP contribution in [0.4, 0.5) is 5.69 Å². The lowest BCUT2D eigenvalue weighted by Gasteiger charge is -2.05. The second-order valence-corrected chi connectivity index (χ2v) is 3.66. The predicted octanol–water partition coefficient (Wildman–Crippen LogP) is 2.52. The van der Waals surface area contributed by atoms with Crippen LogP contribution in [0.2, 0.25) is 0 Å². The van der Waals surface area contributed by atoms with E-state index in [4.69, 9.17) is 4.74 Å². The Morgan fingerprint density at radius 1 is 1.16 bits per heavy atom. The minimum absolute atomic E-state index is 0.221. The molecule has 0 aliphatic rings. The Morgan fingerprint density at radius 3 is 2.47 bits per heavy atom. The molecule has 0 unspecified atom stereocenters. The van der Waals surface area contributed by atoms with Crippen molar-refractivity contribution >= 4 is 11.7 Å². The van der Waals surface area contributed by atoms with Crippen LogP contribution in [-0.2, 0) is 0 Å². The largest absolute Gasteiger partial charge is 0.508 e. The summed E-state index contributed by atoms with van der Waals surface area (Å²) in [6, 6.07) is 11.3. The number of benzene rings is 2. The first-order valence-electron chi connectivity index (χ1n) is 5.32. The first kappa shape index (κ1) is 12.6. The number of hydrogen-bond acceptors (Lipinski definition) is 5. The maximum absolute atomic E-state index is 11.8. The van der Waals surface area contributed by atoms with Gasteiger partial charge in [0.15, 0.2) is 0 Å². The molecule has 2 rings (SSSR count). The molecule has 2 aromatic carbocycles. The topological polar surface area (TPSA) is 89.7 Å². The molecule has 6 nitrogen and oxygen atoms in total. The highest BCUT2D eigenvalue weighted by Gasteiger charge is 2.19. The lowest BCUT2D eigenvalue weighted by molar-refractivity contribution is -0.385. The molecule has 0 radical (unpaired) electrons. The van der Waals surface area contributed by atoms with Gasteiger partial charge in [0.2, 0.25) is 5.75 Å². The van der Waals surface area contributed by atoms with Gasteiger partial charge in [0, 0.05) is 12.1 Å². The average molecular weight is 259 g/mol. The quantitative estimate of drug-likeness (QED) is 0.396. The second-order valence-electron chi connectivity index (χ2n) is 3.66. The number of phenols is 1. The fourth-order valence-corrected chi connectivity index (χ4v) is 1.47. The molecule has 0 saturated heterocycles. The van der Waals surface area contributed by atoms with Gasteiger partial charge in [-0.15, -0.1) is 0 Å². The molecule has 2 aromatic rings. The monoisotopic (exact) mass is 259 g/mol. The van der Waals surface area contributed by atoms with Crippen LogP contribution in [0.1, 0.15) is 10.4 Å². The lowest BCUT2D eigenvalue weighted by Crippen LogP contribution is -2.09. The molecular formula is C13H9NO5. The minimum Gasteiger partial charge on any atom is -0.508 e. The molecular weight excluding hydrogens is 250 g/mol. The van der Waals surface area contributed by atoms with Crippen molar-refractivity contribution in [2.75, 3.05) is 0 Å². The number of phenolic OH excluding ortho intramolecular Hbond substituents is 1. The van der Waals surface area contributed by atoms with E-state index in [9.17, 15) is 20.0 Å². The van der Waals surface area contributed by atoms with E-state index >= 15 is 0 Å². The lowest BCUT2D eigenvalue weighted by atomic mass is 10.2. The van der Waals surface area contributed by atoms with Gasteiger partial charge in [0.25, 0.3) is 0 Å². The van der Waals surface area contributed by atoms with Crippen molar-refractivity contribution in [1.82, 2.24) is 0 Å². The summed E-state index contributed by atoms with van der Waals surface area (Å²) < 4.78 is 4.93. The van der Waals surface area contributed by atoms with Gasteiger partial charge in [-0.1, -0.05) is 18.2 Å². The smallest absolute Gasteiger partial charge is 0.343 e. The molecule has 0 saturated carbocycles. The van der Waals surface area contributed by atoms with Gasteiger partial charge < -0.3 is 9.84 Å². The first-order chi connectivity index (χ1) is 9.08. The molecule has 6 heteroatoms. The van der Waals surface area contributed by atoms with Gasteiger partial charge in [-0.05, 0) is 18.2 Å². The van der Waals surface area contributed by atoms with E-state index in [1.165, 1.54) is 12.1 Å². The Balaban J connectivity index is 2.31. The number of hydrogen-bond donors (Lipinski definition) is 1. The summed E-state index contributed by atoms with van der Waals surface area (Å²) in [6.07, 6.45) is 0. The van der Waals surface area contributed by atoms with Gasteiger partial charge in [-0.3, -0.25) is 10.1 Å². The van der Waals surface area contributed by atoms with Crippen LogP contribution in [0.15, 0.2) is 48.5 Å². The van der Waals surface area contributed by atoms with Crippen LogP contribution in [0, 0.1) is 10.1 Å². The third-order valence-electron chi connectivity index (χ3n) is 2.35.